The minimum Gasteiger partial charge on any atom is -0.364 e. The number of fused-ring (bicyclic) bond motifs is 1. The SMILES string of the molecule is Cc1cccc(C(=O)N2CCN(c3nc4ccccc4nc3NC3CC3)CC2)c1. The van der Waals surface area contributed by atoms with Crippen LogP contribution in [-0.2, 0) is 0 Å². The number of aryl methyl sites for hydroxylation is 1. The Hall–Kier alpha value is -3.15. The van der Waals surface area contributed by atoms with Gasteiger partial charge in [0, 0.05) is 37.8 Å². The van der Waals surface area contributed by atoms with Crippen molar-refractivity contribution < 1.29 is 4.79 Å². The molecule has 6 heteroatoms. The minimum absolute atomic E-state index is 0.106. The van der Waals surface area contributed by atoms with Gasteiger partial charge in [-0.2, -0.15) is 0 Å². The first-order chi connectivity index (χ1) is 14.2. The Balaban J connectivity index is 1.36. The van der Waals surface area contributed by atoms with Crippen molar-refractivity contribution in [3.8, 4) is 0 Å². The van der Waals surface area contributed by atoms with Crippen molar-refractivity contribution in [3.05, 3.63) is 59.7 Å². The molecule has 1 aliphatic carbocycles. The molecule has 1 N–H and O–H groups in total. The van der Waals surface area contributed by atoms with Crippen LogP contribution in [0, 0.1) is 6.92 Å². The lowest BCUT2D eigenvalue weighted by Gasteiger charge is -2.36. The Bertz CT molecular complexity index is 1050. The molecule has 0 atom stereocenters. The molecule has 0 unspecified atom stereocenters. The van der Waals surface area contributed by atoms with Crippen molar-refractivity contribution in [3.63, 3.8) is 0 Å². The van der Waals surface area contributed by atoms with E-state index in [4.69, 9.17) is 9.97 Å². The Labute approximate surface area is 170 Å². The normalized spacial score (nSPS) is 16.9. The third kappa shape index (κ3) is 3.75. The second kappa shape index (κ2) is 7.35. The fraction of sp³-hybridized carbons (Fsp3) is 0.348. The van der Waals surface area contributed by atoms with E-state index in [9.17, 15) is 4.79 Å². The minimum atomic E-state index is 0.106. The molecule has 0 radical (unpaired) electrons. The summed E-state index contributed by atoms with van der Waals surface area (Å²) < 4.78 is 0. The van der Waals surface area contributed by atoms with Crippen LogP contribution in [0.4, 0.5) is 11.6 Å². The Morgan fingerprint density at radius 3 is 2.38 bits per heavy atom. The first kappa shape index (κ1) is 17.9. The molecule has 29 heavy (non-hydrogen) atoms. The summed E-state index contributed by atoms with van der Waals surface area (Å²) in [6.45, 7) is 4.89. The highest BCUT2D eigenvalue weighted by Gasteiger charge is 2.28. The van der Waals surface area contributed by atoms with Crippen LogP contribution in [0.15, 0.2) is 48.5 Å². The van der Waals surface area contributed by atoms with Crippen LogP contribution in [0.3, 0.4) is 0 Å². The van der Waals surface area contributed by atoms with Gasteiger partial charge >= 0.3 is 0 Å². The maximum Gasteiger partial charge on any atom is 0.253 e. The van der Waals surface area contributed by atoms with Crippen molar-refractivity contribution in [2.24, 2.45) is 0 Å². The van der Waals surface area contributed by atoms with E-state index >= 15 is 0 Å². The summed E-state index contributed by atoms with van der Waals surface area (Å²) in [4.78, 5) is 26.8. The quantitative estimate of drug-likeness (QED) is 0.743. The van der Waals surface area contributed by atoms with Gasteiger partial charge in [0.05, 0.1) is 11.0 Å². The highest BCUT2D eigenvalue weighted by molar-refractivity contribution is 5.94. The lowest BCUT2D eigenvalue weighted by atomic mass is 10.1. The van der Waals surface area contributed by atoms with Gasteiger partial charge < -0.3 is 15.1 Å². The highest BCUT2D eigenvalue weighted by atomic mass is 16.2. The van der Waals surface area contributed by atoms with E-state index in [-0.39, 0.29) is 5.91 Å². The van der Waals surface area contributed by atoms with Crippen molar-refractivity contribution >= 4 is 28.6 Å². The molecule has 2 aromatic carbocycles. The molecule has 0 bridgehead atoms. The molecule has 6 nitrogen and oxygen atoms in total. The fourth-order valence-electron chi connectivity index (χ4n) is 3.81. The summed E-state index contributed by atoms with van der Waals surface area (Å²) in [5.41, 5.74) is 3.69. The number of hydrogen-bond donors (Lipinski definition) is 1. The van der Waals surface area contributed by atoms with Gasteiger partial charge in [0.1, 0.15) is 0 Å². The number of piperazine rings is 1. The maximum atomic E-state index is 12.9. The van der Waals surface area contributed by atoms with Gasteiger partial charge in [-0.1, -0.05) is 29.8 Å². The van der Waals surface area contributed by atoms with Gasteiger partial charge in [-0.3, -0.25) is 4.79 Å². The van der Waals surface area contributed by atoms with Crippen LogP contribution >= 0.6 is 0 Å². The zero-order valence-corrected chi connectivity index (χ0v) is 16.6. The summed E-state index contributed by atoms with van der Waals surface area (Å²) in [5, 5.41) is 3.54. The van der Waals surface area contributed by atoms with Gasteiger partial charge in [-0.05, 0) is 44.0 Å². The molecule has 148 valence electrons. The topological polar surface area (TPSA) is 61.4 Å². The number of aromatic nitrogens is 2. The van der Waals surface area contributed by atoms with E-state index in [1.807, 2.05) is 60.4 Å². The average molecular weight is 387 g/mol. The first-order valence-electron chi connectivity index (χ1n) is 10.3. The Morgan fingerprint density at radius 1 is 0.966 bits per heavy atom. The molecule has 1 saturated heterocycles. The van der Waals surface area contributed by atoms with Gasteiger partial charge in [0.2, 0.25) is 0 Å². The molecule has 1 aliphatic heterocycles. The monoisotopic (exact) mass is 387 g/mol. The number of carbonyl (C=O) groups excluding carboxylic acids is 1. The predicted octanol–water partition coefficient (Wildman–Crippen LogP) is 3.47. The number of hydrogen-bond acceptors (Lipinski definition) is 5. The molecule has 2 heterocycles. The summed E-state index contributed by atoms with van der Waals surface area (Å²) in [7, 11) is 0. The average Bonchev–Trinajstić information content (AvgIpc) is 3.57. The van der Waals surface area contributed by atoms with Crippen LogP contribution in [0.25, 0.3) is 11.0 Å². The van der Waals surface area contributed by atoms with E-state index in [1.165, 1.54) is 12.8 Å². The third-order valence-electron chi connectivity index (χ3n) is 5.60. The van der Waals surface area contributed by atoms with Crippen molar-refractivity contribution in [2.75, 3.05) is 36.4 Å². The smallest absolute Gasteiger partial charge is 0.253 e. The highest BCUT2D eigenvalue weighted by Crippen LogP contribution is 2.31. The number of amides is 1. The molecule has 0 spiro atoms. The largest absolute Gasteiger partial charge is 0.364 e. The standard InChI is InChI=1S/C23H25N5O/c1-16-5-4-6-17(15-16)23(29)28-13-11-27(12-14-28)22-21(24-18-9-10-18)25-19-7-2-3-8-20(19)26-22/h2-8,15,18H,9-14H2,1H3,(H,24,25). The molecule has 2 fully saturated rings. The van der Waals surface area contributed by atoms with Gasteiger partial charge in [-0.15, -0.1) is 0 Å². The molecular formula is C23H25N5O. The van der Waals surface area contributed by atoms with E-state index in [2.05, 4.69) is 10.2 Å². The van der Waals surface area contributed by atoms with Crippen LogP contribution in [0.2, 0.25) is 0 Å². The number of nitrogens with one attached hydrogen (secondary N) is 1. The molecule has 5 rings (SSSR count). The number of benzene rings is 2. The zero-order valence-electron chi connectivity index (χ0n) is 16.6. The van der Waals surface area contributed by atoms with E-state index < -0.39 is 0 Å². The van der Waals surface area contributed by atoms with Crippen LogP contribution in [0.5, 0.6) is 0 Å². The summed E-state index contributed by atoms with van der Waals surface area (Å²) in [5.74, 6) is 1.87. The maximum absolute atomic E-state index is 12.9. The lowest BCUT2D eigenvalue weighted by Crippen LogP contribution is -2.49. The molecule has 1 aromatic heterocycles. The zero-order chi connectivity index (χ0) is 19.8. The summed E-state index contributed by atoms with van der Waals surface area (Å²) in [6, 6.07) is 16.3. The lowest BCUT2D eigenvalue weighted by molar-refractivity contribution is 0.0746. The fourth-order valence-corrected chi connectivity index (χ4v) is 3.81. The number of carbonyl (C=O) groups is 1. The Morgan fingerprint density at radius 2 is 1.69 bits per heavy atom. The predicted molar refractivity (Wildman–Crippen MR) is 115 cm³/mol. The van der Waals surface area contributed by atoms with Crippen molar-refractivity contribution in [1.29, 1.82) is 0 Å². The molecule has 1 saturated carbocycles. The second-order valence-electron chi connectivity index (χ2n) is 7.95. The van der Waals surface area contributed by atoms with Gasteiger partial charge in [0.25, 0.3) is 5.91 Å². The summed E-state index contributed by atoms with van der Waals surface area (Å²) >= 11 is 0. The van der Waals surface area contributed by atoms with Gasteiger partial charge in [0.15, 0.2) is 11.6 Å². The Kier molecular flexibility index (Phi) is 4.54. The van der Waals surface area contributed by atoms with Crippen LogP contribution in [0.1, 0.15) is 28.8 Å². The third-order valence-corrected chi connectivity index (χ3v) is 5.60. The number of nitrogens with zero attached hydrogens (tertiary/aromatic N) is 4. The van der Waals surface area contributed by atoms with E-state index in [1.54, 1.807) is 0 Å². The molecule has 2 aliphatic rings. The number of para-hydroxylation sites is 2. The van der Waals surface area contributed by atoms with Crippen molar-refractivity contribution in [2.45, 2.75) is 25.8 Å². The second-order valence-corrected chi connectivity index (χ2v) is 7.95. The first-order valence-corrected chi connectivity index (χ1v) is 10.3. The van der Waals surface area contributed by atoms with E-state index in [0.717, 1.165) is 46.9 Å². The van der Waals surface area contributed by atoms with Crippen LogP contribution < -0.4 is 10.2 Å². The van der Waals surface area contributed by atoms with Crippen molar-refractivity contribution in [1.82, 2.24) is 14.9 Å². The van der Waals surface area contributed by atoms with E-state index in [0.29, 0.717) is 19.1 Å². The number of anilines is 2. The number of rotatable bonds is 4. The van der Waals surface area contributed by atoms with Crippen LogP contribution in [-0.4, -0.2) is 53.0 Å². The molecule has 3 aromatic rings. The summed E-state index contributed by atoms with van der Waals surface area (Å²) in [6.07, 6.45) is 2.37. The van der Waals surface area contributed by atoms with Gasteiger partial charge in [-0.25, -0.2) is 9.97 Å². The molecule has 1 amide bonds. The molecular weight excluding hydrogens is 362 g/mol.